The highest BCUT2D eigenvalue weighted by Gasteiger charge is 2.25. The molecule has 36 heavy (non-hydrogen) atoms. The van der Waals surface area contributed by atoms with Crippen LogP contribution in [0.5, 0.6) is 0 Å². The van der Waals surface area contributed by atoms with Gasteiger partial charge in [-0.3, -0.25) is 19.2 Å². The molecule has 0 saturated heterocycles. The first-order valence-electron chi connectivity index (χ1n) is 12.7. The third-order valence-corrected chi connectivity index (χ3v) is 5.35. The lowest BCUT2D eigenvalue weighted by molar-refractivity contribution is -0.145. The molecule has 0 aromatic rings. The molecule has 10 nitrogen and oxygen atoms in total. The van der Waals surface area contributed by atoms with Crippen molar-refractivity contribution in [1.82, 2.24) is 21.3 Å². The van der Waals surface area contributed by atoms with Gasteiger partial charge in [0.2, 0.25) is 11.8 Å². The first kappa shape index (κ1) is 33.8. The van der Waals surface area contributed by atoms with Crippen LogP contribution in [-0.2, 0) is 28.7 Å². The highest BCUT2D eigenvalue weighted by Crippen LogP contribution is 2.13. The maximum atomic E-state index is 12.4. The van der Waals surface area contributed by atoms with Crippen LogP contribution in [-0.4, -0.2) is 76.2 Å². The second kappa shape index (κ2) is 16.5. The second-order valence-electron chi connectivity index (χ2n) is 11.8. The fraction of sp³-hybridized carbons (Fsp3) is 0.846. The standard InChI is InChI=1S/C26H50N4O6/c1-18(15-28-22(32)14-20(24(34)36-9)30-17-26(5,6)7)11-10-12-27-21(31)13-19(23(33)35-8)29-16-25(2,3)4/h18-20,29-30H,10-17H2,1-9H3,(H,27,31)(H,28,32). The van der Waals surface area contributed by atoms with Gasteiger partial charge in [-0.25, -0.2) is 0 Å². The Balaban J connectivity index is 4.36. The third-order valence-electron chi connectivity index (χ3n) is 5.35. The van der Waals surface area contributed by atoms with E-state index in [1.165, 1.54) is 14.2 Å². The first-order valence-corrected chi connectivity index (χ1v) is 12.7. The fourth-order valence-corrected chi connectivity index (χ4v) is 3.20. The van der Waals surface area contributed by atoms with Crippen molar-refractivity contribution < 1.29 is 28.7 Å². The van der Waals surface area contributed by atoms with Crippen molar-refractivity contribution in [3.63, 3.8) is 0 Å². The molecule has 0 aliphatic heterocycles. The van der Waals surface area contributed by atoms with E-state index < -0.39 is 24.0 Å². The first-order chi connectivity index (χ1) is 16.6. The Morgan fingerprint density at radius 3 is 1.53 bits per heavy atom. The Labute approximate surface area is 217 Å². The van der Waals surface area contributed by atoms with Crippen molar-refractivity contribution in [3.05, 3.63) is 0 Å². The van der Waals surface area contributed by atoms with Gasteiger partial charge in [0.15, 0.2) is 0 Å². The van der Waals surface area contributed by atoms with Gasteiger partial charge in [-0.2, -0.15) is 0 Å². The van der Waals surface area contributed by atoms with E-state index in [0.717, 1.165) is 12.8 Å². The van der Waals surface area contributed by atoms with E-state index in [9.17, 15) is 19.2 Å². The van der Waals surface area contributed by atoms with Gasteiger partial charge >= 0.3 is 11.9 Å². The van der Waals surface area contributed by atoms with Crippen LogP contribution in [0.2, 0.25) is 0 Å². The summed E-state index contributed by atoms with van der Waals surface area (Å²) in [6, 6.07) is -1.37. The van der Waals surface area contributed by atoms with Gasteiger partial charge in [0.05, 0.1) is 27.1 Å². The van der Waals surface area contributed by atoms with Crippen molar-refractivity contribution in [1.29, 1.82) is 0 Å². The molecule has 0 aliphatic rings. The molecule has 0 aliphatic carbocycles. The Morgan fingerprint density at radius 2 is 1.14 bits per heavy atom. The molecule has 0 aromatic carbocycles. The summed E-state index contributed by atoms with van der Waals surface area (Å²) >= 11 is 0. The predicted molar refractivity (Wildman–Crippen MR) is 140 cm³/mol. The summed E-state index contributed by atoms with van der Waals surface area (Å²) in [6.45, 7) is 16.4. The lowest BCUT2D eigenvalue weighted by Crippen LogP contribution is -2.45. The summed E-state index contributed by atoms with van der Waals surface area (Å²) in [5.74, 6) is -1.16. The molecule has 210 valence electrons. The molecule has 10 heteroatoms. The number of hydrogen-bond acceptors (Lipinski definition) is 8. The number of ether oxygens (including phenoxy) is 2. The van der Waals surface area contributed by atoms with Crippen molar-refractivity contribution in [2.75, 3.05) is 40.4 Å². The Hall–Kier alpha value is -2.20. The highest BCUT2D eigenvalue weighted by molar-refractivity contribution is 5.85. The van der Waals surface area contributed by atoms with E-state index in [1.54, 1.807) is 0 Å². The van der Waals surface area contributed by atoms with Crippen LogP contribution in [0.1, 0.15) is 74.1 Å². The summed E-state index contributed by atoms with van der Waals surface area (Å²) in [5, 5.41) is 11.9. The average Bonchev–Trinajstić information content (AvgIpc) is 2.78. The van der Waals surface area contributed by atoms with Crippen LogP contribution < -0.4 is 21.3 Å². The molecule has 4 N–H and O–H groups in total. The largest absolute Gasteiger partial charge is 0.468 e. The quantitative estimate of drug-likeness (QED) is 0.181. The van der Waals surface area contributed by atoms with Gasteiger partial charge in [0.1, 0.15) is 12.1 Å². The van der Waals surface area contributed by atoms with Gasteiger partial charge in [0.25, 0.3) is 0 Å². The molecule has 0 fully saturated rings. The minimum Gasteiger partial charge on any atom is -0.468 e. The number of carbonyl (C=O) groups is 4. The summed E-state index contributed by atoms with van der Waals surface area (Å²) < 4.78 is 9.62. The van der Waals surface area contributed by atoms with Gasteiger partial charge in [-0.1, -0.05) is 48.5 Å². The summed E-state index contributed by atoms with van der Waals surface area (Å²) in [4.78, 5) is 48.6. The Bertz CT molecular complexity index is 700. The molecule has 0 radical (unpaired) electrons. The number of rotatable bonds is 16. The highest BCUT2D eigenvalue weighted by atomic mass is 16.5. The van der Waals surface area contributed by atoms with Crippen LogP contribution >= 0.6 is 0 Å². The van der Waals surface area contributed by atoms with Crippen molar-refractivity contribution in [3.8, 4) is 0 Å². The Morgan fingerprint density at radius 1 is 0.722 bits per heavy atom. The maximum Gasteiger partial charge on any atom is 0.323 e. The third kappa shape index (κ3) is 17.3. The molecule has 0 heterocycles. The minimum absolute atomic E-state index is 0.0101. The summed E-state index contributed by atoms with van der Waals surface area (Å²) in [7, 11) is 2.62. The van der Waals surface area contributed by atoms with E-state index >= 15 is 0 Å². The molecular formula is C26H50N4O6. The topological polar surface area (TPSA) is 135 Å². The van der Waals surface area contributed by atoms with Crippen LogP contribution in [0.4, 0.5) is 0 Å². The van der Waals surface area contributed by atoms with Crippen LogP contribution in [0.25, 0.3) is 0 Å². The number of methoxy groups -OCH3 is 2. The molecule has 0 aromatic heterocycles. The molecule has 0 spiro atoms. The zero-order chi connectivity index (χ0) is 27.9. The zero-order valence-corrected chi connectivity index (χ0v) is 23.8. The van der Waals surface area contributed by atoms with Crippen LogP contribution in [0.15, 0.2) is 0 Å². The predicted octanol–water partition coefficient (Wildman–Crippen LogP) is 1.77. The molecule has 0 saturated carbocycles. The number of esters is 2. The lowest BCUT2D eigenvalue weighted by atomic mass is 9.96. The fourth-order valence-electron chi connectivity index (χ4n) is 3.20. The lowest BCUT2D eigenvalue weighted by Gasteiger charge is -2.23. The molecule has 3 unspecified atom stereocenters. The normalized spacial score (nSPS) is 14.4. The monoisotopic (exact) mass is 514 g/mol. The van der Waals surface area contributed by atoms with Gasteiger partial charge < -0.3 is 30.7 Å². The zero-order valence-electron chi connectivity index (χ0n) is 23.8. The van der Waals surface area contributed by atoms with Crippen molar-refractivity contribution >= 4 is 23.8 Å². The molecular weight excluding hydrogens is 464 g/mol. The number of hydrogen-bond donors (Lipinski definition) is 4. The second-order valence-corrected chi connectivity index (χ2v) is 11.8. The molecule has 2 amide bonds. The van der Waals surface area contributed by atoms with Gasteiger partial charge in [-0.15, -0.1) is 0 Å². The van der Waals surface area contributed by atoms with E-state index in [2.05, 4.69) is 21.3 Å². The van der Waals surface area contributed by atoms with Crippen LogP contribution in [0, 0.1) is 16.7 Å². The van der Waals surface area contributed by atoms with Crippen molar-refractivity contribution in [2.24, 2.45) is 16.7 Å². The van der Waals surface area contributed by atoms with E-state index in [0.29, 0.717) is 26.2 Å². The van der Waals surface area contributed by atoms with Crippen LogP contribution in [0.3, 0.4) is 0 Å². The summed E-state index contributed by atoms with van der Waals surface area (Å²) in [5.41, 5.74) is -0.0622. The maximum absolute atomic E-state index is 12.4. The minimum atomic E-state index is -0.688. The van der Waals surface area contributed by atoms with E-state index in [1.807, 2.05) is 48.5 Å². The van der Waals surface area contributed by atoms with E-state index in [-0.39, 0.29) is 41.4 Å². The number of nitrogens with one attached hydrogen (secondary N) is 4. The molecule has 0 bridgehead atoms. The van der Waals surface area contributed by atoms with Crippen molar-refractivity contribution in [2.45, 2.75) is 86.2 Å². The SMILES string of the molecule is COC(=O)C(CC(=O)NCCCC(C)CNC(=O)CC(NCC(C)(C)C)C(=O)OC)NCC(C)(C)C. The van der Waals surface area contributed by atoms with Gasteiger partial charge in [0, 0.05) is 26.2 Å². The Kier molecular flexibility index (Phi) is 15.5. The molecule has 0 rings (SSSR count). The van der Waals surface area contributed by atoms with Gasteiger partial charge in [-0.05, 0) is 29.6 Å². The average molecular weight is 515 g/mol. The number of amides is 2. The summed E-state index contributed by atoms with van der Waals surface area (Å²) in [6.07, 6.45) is 1.56. The smallest absolute Gasteiger partial charge is 0.323 e. The van der Waals surface area contributed by atoms with E-state index in [4.69, 9.17) is 9.47 Å². The number of carbonyl (C=O) groups excluding carboxylic acids is 4. The molecule has 3 atom stereocenters.